The molecule has 1 aromatic heterocycles. The summed E-state index contributed by atoms with van der Waals surface area (Å²) in [6.45, 7) is 3.35. The molecular formula is C14H19N4O2S+. The molecule has 3 rings (SSSR count). The van der Waals surface area contributed by atoms with Crippen molar-refractivity contribution < 1.29 is 13.4 Å². The van der Waals surface area contributed by atoms with Crippen molar-refractivity contribution >= 4 is 21.4 Å². The molecule has 0 saturated carbocycles. The van der Waals surface area contributed by atoms with E-state index in [2.05, 4.69) is 19.6 Å². The number of nitrogens with zero attached hydrogens (tertiary/aromatic N) is 1. The van der Waals surface area contributed by atoms with E-state index in [4.69, 9.17) is 0 Å². The number of hydrogen-bond donors (Lipinski definition) is 2. The van der Waals surface area contributed by atoms with Crippen LogP contribution in [0.3, 0.4) is 0 Å². The summed E-state index contributed by atoms with van der Waals surface area (Å²) in [5, 5.41) is 0. The first kappa shape index (κ1) is 13.9. The van der Waals surface area contributed by atoms with Crippen LogP contribution >= 0.6 is 0 Å². The molecule has 2 aromatic rings. The van der Waals surface area contributed by atoms with Crippen LogP contribution in [-0.2, 0) is 23.0 Å². The van der Waals surface area contributed by atoms with Crippen LogP contribution in [-0.4, -0.2) is 25.7 Å². The largest absolute Gasteiger partial charge is 0.363 e. The summed E-state index contributed by atoms with van der Waals surface area (Å²) in [6, 6.07) is 5.75. The predicted molar refractivity (Wildman–Crippen MR) is 81.6 cm³/mol. The van der Waals surface area contributed by atoms with Crippen molar-refractivity contribution in [3.05, 3.63) is 42.0 Å². The summed E-state index contributed by atoms with van der Waals surface area (Å²) < 4.78 is 26.0. The second kappa shape index (κ2) is 5.40. The molecule has 21 heavy (non-hydrogen) atoms. The number of anilines is 2. The molecule has 0 spiro atoms. The van der Waals surface area contributed by atoms with Crippen molar-refractivity contribution in [3.63, 3.8) is 0 Å². The Morgan fingerprint density at radius 2 is 2.29 bits per heavy atom. The minimum absolute atomic E-state index is 0.0755. The SMILES string of the molecule is CCS(=O)(=O)Nc1ccc2c(c1)N(Cc1c[nH+]c[nH]1)CC2. The maximum atomic E-state index is 11.7. The van der Waals surface area contributed by atoms with Crippen LogP contribution < -0.4 is 14.6 Å². The lowest BCUT2D eigenvalue weighted by Gasteiger charge is -2.18. The molecule has 3 N–H and O–H groups in total. The minimum Gasteiger partial charge on any atom is -0.363 e. The van der Waals surface area contributed by atoms with E-state index in [0.717, 1.165) is 30.9 Å². The van der Waals surface area contributed by atoms with Gasteiger partial charge in [-0.25, -0.2) is 18.4 Å². The van der Waals surface area contributed by atoms with Crippen LogP contribution in [0.4, 0.5) is 11.4 Å². The molecule has 1 aromatic carbocycles. The third-order valence-electron chi connectivity index (χ3n) is 3.69. The standard InChI is InChI=1S/C14H18N4O2S/c1-2-21(19,20)17-12-4-3-11-5-6-18(14(11)7-12)9-13-8-15-10-16-13/h3-4,7-8,10,17H,2,5-6,9H2,1H3,(H,15,16)/p+1. The van der Waals surface area contributed by atoms with Gasteiger partial charge in [0, 0.05) is 12.2 Å². The van der Waals surface area contributed by atoms with Gasteiger partial charge in [0.15, 0.2) is 5.69 Å². The highest BCUT2D eigenvalue weighted by Crippen LogP contribution is 2.32. The van der Waals surface area contributed by atoms with Gasteiger partial charge in [-0.15, -0.1) is 0 Å². The minimum atomic E-state index is -3.24. The smallest absolute Gasteiger partial charge is 0.239 e. The van der Waals surface area contributed by atoms with Gasteiger partial charge >= 0.3 is 0 Å². The Labute approximate surface area is 124 Å². The first-order chi connectivity index (χ1) is 10.1. The Bertz CT molecular complexity index is 725. The summed E-state index contributed by atoms with van der Waals surface area (Å²) in [5.41, 5.74) is 4.08. The van der Waals surface area contributed by atoms with Crippen LogP contribution in [0.5, 0.6) is 0 Å². The fourth-order valence-corrected chi connectivity index (χ4v) is 3.17. The van der Waals surface area contributed by atoms with E-state index in [0.29, 0.717) is 5.69 Å². The number of H-pyrrole nitrogens is 2. The quantitative estimate of drug-likeness (QED) is 0.870. The lowest BCUT2D eigenvalue weighted by molar-refractivity contribution is -0.376. The monoisotopic (exact) mass is 307 g/mol. The molecule has 2 heterocycles. The van der Waals surface area contributed by atoms with Crippen molar-refractivity contribution in [2.24, 2.45) is 0 Å². The third-order valence-corrected chi connectivity index (χ3v) is 5.00. The van der Waals surface area contributed by atoms with Crippen LogP contribution in [0.25, 0.3) is 0 Å². The Kier molecular flexibility index (Phi) is 3.59. The summed E-state index contributed by atoms with van der Waals surface area (Å²) in [5.74, 6) is 0.0755. The van der Waals surface area contributed by atoms with Gasteiger partial charge in [-0.05, 0) is 31.0 Å². The molecule has 0 radical (unpaired) electrons. The Morgan fingerprint density at radius 3 is 3.00 bits per heavy atom. The van der Waals surface area contributed by atoms with E-state index in [1.165, 1.54) is 5.56 Å². The molecule has 0 bridgehead atoms. The third kappa shape index (κ3) is 3.02. The van der Waals surface area contributed by atoms with Crippen molar-refractivity contribution in [3.8, 4) is 0 Å². The Morgan fingerprint density at radius 1 is 1.43 bits per heavy atom. The highest BCUT2D eigenvalue weighted by Gasteiger charge is 2.21. The maximum absolute atomic E-state index is 11.7. The zero-order valence-electron chi connectivity index (χ0n) is 11.9. The van der Waals surface area contributed by atoms with Gasteiger partial charge < -0.3 is 4.90 Å². The molecule has 0 atom stereocenters. The van der Waals surface area contributed by atoms with Gasteiger partial charge in [0.2, 0.25) is 16.4 Å². The fraction of sp³-hybridized carbons (Fsp3) is 0.357. The summed E-state index contributed by atoms with van der Waals surface area (Å²) in [6.07, 6.45) is 4.71. The zero-order valence-corrected chi connectivity index (χ0v) is 12.7. The zero-order chi connectivity index (χ0) is 14.9. The second-order valence-corrected chi connectivity index (χ2v) is 7.16. The van der Waals surface area contributed by atoms with E-state index in [9.17, 15) is 8.42 Å². The van der Waals surface area contributed by atoms with E-state index in [1.807, 2.05) is 24.4 Å². The molecule has 1 aliphatic heterocycles. The number of hydrogen-bond acceptors (Lipinski definition) is 3. The number of aromatic nitrogens is 2. The second-order valence-electron chi connectivity index (χ2n) is 5.15. The van der Waals surface area contributed by atoms with Crippen molar-refractivity contribution in [1.82, 2.24) is 4.98 Å². The number of fused-ring (bicyclic) bond motifs is 1. The van der Waals surface area contributed by atoms with E-state index in [1.54, 1.807) is 13.3 Å². The molecule has 0 amide bonds. The molecular weight excluding hydrogens is 288 g/mol. The highest BCUT2D eigenvalue weighted by molar-refractivity contribution is 7.92. The highest BCUT2D eigenvalue weighted by atomic mass is 32.2. The molecule has 0 saturated heterocycles. The average molecular weight is 307 g/mol. The lowest BCUT2D eigenvalue weighted by Crippen LogP contribution is -2.20. The van der Waals surface area contributed by atoms with Gasteiger partial charge in [0.05, 0.1) is 18.0 Å². The molecule has 0 unspecified atom stereocenters. The average Bonchev–Trinajstić information content (AvgIpc) is 3.09. The summed E-state index contributed by atoms with van der Waals surface area (Å²) >= 11 is 0. The van der Waals surface area contributed by atoms with Crippen molar-refractivity contribution in [2.45, 2.75) is 19.9 Å². The Balaban J connectivity index is 1.83. The topological polar surface area (TPSA) is 79.3 Å². The number of sulfonamides is 1. The van der Waals surface area contributed by atoms with E-state index in [-0.39, 0.29) is 5.75 Å². The van der Waals surface area contributed by atoms with E-state index < -0.39 is 10.0 Å². The first-order valence-electron chi connectivity index (χ1n) is 6.99. The van der Waals surface area contributed by atoms with Crippen LogP contribution in [0, 0.1) is 0 Å². The molecule has 1 aliphatic rings. The number of rotatable bonds is 5. The number of aromatic amines is 2. The normalized spacial score (nSPS) is 14.2. The first-order valence-corrected chi connectivity index (χ1v) is 8.64. The number of imidazole rings is 1. The molecule has 7 heteroatoms. The van der Waals surface area contributed by atoms with Crippen molar-refractivity contribution in [1.29, 1.82) is 0 Å². The van der Waals surface area contributed by atoms with Crippen LogP contribution in [0.15, 0.2) is 30.7 Å². The number of benzene rings is 1. The summed E-state index contributed by atoms with van der Waals surface area (Å²) in [7, 11) is -3.24. The fourth-order valence-electron chi connectivity index (χ4n) is 2.54. The van der Waals surface area contributed by atoms with Gasteiger partial charge in [-0.3, -0.25) is 4.72 Å². The maximum Gasteiger partial charge on any atom is 0.239 e. The van der Waals surface area contributed by atoms with Gasteiger partial charge in [0.1, 0.15) is 6.20 Å². The molecule has 112 valence electrons. The summed E-state index contributed by atoms with van der Waals surface area (Å²) in [4.78, 5) is 8.40. The van der Waals surface area contributed by atoms with Crippen LogP contribution in [0.2, 0.25) is 0 Å². The van der Waals surface area contributed by atoms with Crippen LogP contribution in [0.1, 0.15) is 18.2 Å². The predicted octanol–water partition coefficient (Wildman–Crippen LogP) is 1.15. The Hall–Kier alpha value is -2.02. The lowest BCUT2D eigenvalue weighted by atomic mass is 10.1. The number of nitrogens with one attached hydrogen (secondary N) is 3. The van der Waals surface area contributed by atoms with Gasteiger partial charge in [-0.2, -0.15) is 0 Å². The van der Waals surface area contributed by atoms with E-state index >= 15 is 0 Å². The van der Waals surface area contributed by atoms with Gasteiger partial charge in [-0.1, -0.05) is 6.07 Å². The van der Waals surface area contributed by atoms with Crippen molar-refractivity contribution in [2.75, 3.05) is 21.9 Å². The molecule has 6 nitrogen and oxygen atoms in total. The molecule has 0 aliphatic carbocycles. The molecule has 0 fully saturated rings. The van der Waals surface area contributed by atoms with Gasteiger partial charge in [0.25, 0.3) is 0 Å².